The van der Waals surface area contributed by atoms with Gasteiger partial charge in [-0.3, -0.25) is 0 Å². The van der Waals surface area contributed by atoms with Gasteiger partial charge in [0.1, 0.15) is 0 Å². The summed E-state index contributed by atoms with van der Waals surface area (Å²) in [4.78, 5) is 1.17. The van der Waals surface area contributed by atoms with Crippen LogP contribution in [-0.4, -0.2) is 0 Å². The van der Waals surface area contributed by atoms with Crippen molar-refractivity contribution in [1.82, 2.24) is 0 Å². The topological polar surface area (TPSA) is 26.0 Å². The summed E-state index contributed by atoms with van der Waals surface area (Å²) in [6, 6.07) is 12.6. The molecule has 0 fully saturated rings. The monoisotopic (exact) mass is 265 g/mol. The van der Waals surface area contributed by atoms with E-state index in [1.807, 2.05) is 12.1 Å². The summed E-state index contributed by atoms with van der Waals surface area (Å²) in [7, 11) is 0. The largest absolute Gasteiger partial charge is 0.323 e. The lowest BCUT2D eigenvalue weighted by molar-refractivity contribution is 0.662. The average molecular weight is 266 g/mol. The lowest BCUT2D eigenvalue weighted by Gasteiger charge is -2.09. The van der Waals surface area contributed by atoms with Crippen molar-refractivity contribution in [2.45, 2.75) is 25.8 Å². The average Bonchev–Trinajstić information content (AvgIpc) is 2.75. The smallest absolute Gasteiger partial charge is 0.0931 e. The fourth-order valence-corrected chi connectivity index (χ4v) is 2.84. The zero-order valence-electron chi connectivity index (χ0n) is 9.82. The van der Waals surface area contributed by atoms with Gasteiger partial charge in [0.25, 0.3) is 0 Å². The molecule has 2 aromatic rings. The van der Waals surface area contributed by atoms with Crippen LogP contribution in [0.15, 0.2) is 36.4 Å². The molecule has 0 amide bonds. The van der Waals surface area contributed by atoms with Gasteiger partial charge in [0.05, 0.1) is 4.34 Å². The van der Waals surface area contributed by atoms with Gasteiger partial charge >= 0.3 is 0 Å². The highest BCUT2D eigenvalue weighted by Crippen LogP contribution is 2.27. The Hall–Kier alpha value is -0.830. The van der Waals surface area contributed by atoms with Crippen LogP contribution in [-0.2, 0) is 6.42 Å². The first kappa shape index (κ1) is 12.6. The summed E-state index contributed by atoms with van der Waals surface area (Å²) in [5.74, 6) is 0. The molecular formula is C14H16ClNS. The lowest BCUT2D eigenvalue weighted by Crippen LogP contribution is -2.09. The first-order chi connectivity index (χ1) is 8.15. The Morgan fingerprint density at radius 2 is 1.88 bits per heavy atom. The van der Waals surface area contributed by atoms with Crippen molar-refractivity contribution in [3.8, 4) is 0 Å². The maximum Gasteiger partial charge on any atom is 0.0931 e. The molecule has 0 saturated heterocycles. The predicted octanol–water partition coefficient (Wildman–Crippen LogP) is 4.34. The summed E-state index contributed by atoms with van der Waals surface area (Å²) >= 11 is 7.48. The Labute approximate surface area is 111 Å². The van der Waals surface area contributed by atoms with Crippen molar-refractivity contribution in [3.63, 3.8) is 0 Å². The minimum absolute atomic E-state index is 0.0915. The van der Waals surface area contributed by atoms with Gasteiger partial charge in [0.2, 0.25) is 0 Å². The number of hydrogen-bond donors (Lipinski definition) is 1. The van der Waals surface area contributed by atoms with Crippen LogP contribution in [0.4, 0.5) is 0 Å². The summed E-state index contributed by atoms with van der Waals surface area (Å²) in [6.07, 6.45) is 1.97. The second-order valence-corrected chi connectivity index (χ2v) is 6.02. The highest BCUT2D eigenvalue weighted by atomic mass is 35.5. The Morgan fingerprint density at radius 3 is 2.47 bits per heavy atom. The third-order valence-electron chi connectivity index (χ3n) is 2.82. The molecule has 3 heteroatoms. The van der Waals surface area contributed by atoms with Gasteiger partial charge in [0.15, 0.2) is 0 Å². The fourth-order valence-electron chi connectivity index (χ4n) is 1.75. The normalized spacial score (nSPS) is 12.6. The molecule has 1 aromatic heterocycles. The molecule has 0 aliphatic rings. The van der Waals surface area contributed by atoms with Gasteiger partial charge in [-0.05, 0) is 37.5 Å². The van der Waals surface area contributed by atoms with E-state index in [1.54, 1.807) is 11.3 Å². The number of rotatable bonds is 4. The number of thiophene rings is 1. The van der Waals surface area contributed by atoms with Crippen LogP contribution < -0.4 is 5.73 Å². The molecule has 17 heavy (non-hydrogen) atoms. The highest BCUT2D eigenvalue weighted by molar-refractivity contribution is 7.16. The molecular weight excluding hydrogens is 250 g/mol. The van der Waals surface area contributed by atoms with Gasteiger partial charge in [-0.1, -0.05) is 41.4 Å². The van der Waals surface area contributed by atoms with Crippen molar-refractivity contribution >= 4 is 22.9 Å². The van der Waals surface area contributed by atoms with E-state index in [1.165, 1.54) is 16.0 Å². The maximum absolute atomic E-state index is 6.14. The van der Waals surface area contributed by atoms with Crippen molar-refractivity contribution in [1.29, 1.82) is 0 Å². The quantitative estimate of drug-likeness (QED) is 0.874. The molecule has 0 spiro atoms. The van der Waals surface area contributed by atoms with E-state index in [0.717, 1.165) is 17.2 Å². The SMILES string of the molecule is Cc1ccc(CCC(N)c2ccc(Cl)s2)cc1. The van der Waals surface area contributed by atoms with E-state index >= 15 is 0 Å². The Balaban J connectivity index is 1.92. The molecule has 0 saturated carbocycles. The highest BCUT2D eigenvalue weighted by Gasteiger charge is 2.08. The van der Waals surface area contributed by atoms with Crippen molar-refractivity contribution in [3.05, 3.63) is 56.7 Å². The molecule has 2 rings (SSSR count). The second kappa shape index (κ2) is 5.67. The van der Waals surface area contributed by atoms with Gasteiger partial charge in [0, 0.05) is 10.9 Å². The summed E-state index contributed by atoms with van der Waals surface area (Å²) in [5.41, 5.74) is 8.77. The van der Waals surface area contributed by atoms with E-state index in [2.05, 4.69) is 31.2 Å². The standard InChI is InChI=1S/C14H16ClNS/c1-10-2-4-11(5-3-10)6-7-12(16)13-8-9-14(15)17-13/h2-5,8-9,12H,6-7,16H2,1H3. The van der Waals surface area contributed by atoms with Crippen molar-refractivity contribution < 1.29 is 0 Å². The maximum atomic E-state index is 6.14. The van der Waals surface area contributed by atoms with Crippen LogP contribution in [0.3, 0.4) is 0 Å². The number of nitrogens with two attached hydrogens (primary N) is 1. The third-order valence-corrected chi connectivity index (χ3v) is 4.19. The molecule has 1 atom stereocenters. The van der Waals surface area contributed by atoms with Gasteiger partial charge < -0.3 is 5.73 Å². The first-order valence-corrected chi connectivity index (χ1v) is 6.91. The van der Waals surface area contributed by atoms with Crippen LogP contribution in [0.1, 0.15) is 28.5 Å². The summed E-state index contributed by atoms with van der Waals surface area (Å²) < 4.78 is 0.811. The van der Waals surface area contributed by atoms with E-state index in [4.69, 9.17) is 17.3 Å². The van der Waals surface area contributed by atoms with Crippen LogP contribution in [0.2, 0.25) is 4.34 Å². The zero-order chi connectivity index (χ0) is 12.3. The van der Waals surface area contributed by atoms with Crippen molar-refractivity contribution in [2.24, 2.45) is 5.73 Å². The molecule has 0 radical (unpaired) electrons. The Kier molecular flexibility index (Phi) is 4.21. The number of hydrogen-bond acceptors (Lipinski definition) is 2. The Bertz CT molecular complexity index is 475. The minimum Gasteiger partial charge on any atom is -0.323 e. The van der Waals surface area contributed by atoms with E-state index in [-0.39, 0.29) is 6.04 Å². The predicted molar refractivity (Wildman–Crippen MR) is 75.8 cm³/mol. The molecule has 1 nitrogen and oxygen atoms in total. The zero-order valence-corrected chi connectivity index (χ0v) is 11.4. The summed E-state index contributed by atoms with van der Waals surface area (Å²) in [5, 5.41) is 0. The molecule has 0 aliphatic carbocycles. The van der Waals surface area contributed by atoms with Crippen LogP contribution >= 0.6 is 22.9 Å². The number of aryl methyl sites for hydroxylation is 2. The van der Waals surface area contributed by atoms with E-state index < -0.39 is 0 Å². The van der Waals surface area contributed by atoms with Gasteiger partial charge in [-0.15, -0.1) is 11.3 Å². The van der Waals surface area contributed by atoms with E-state index in [0.29, 0.717) is 0 Å². The molecule has 90 valence electrons. The molecule has 2 N–H and O–H groups in total. The molecule has 1 unspecified atom stereocenters. The van der Waals surface area contributed by atoms with Gasteiger partial charge in [-0.2, -0.15) is 0 Å². The second-order valence-electron chi connectivity index (χ2n) is 4.27. The summed E-state index contributed by atoms with van der Waals surface area (Å²) in [6.45, 7) is 2.10. The van der Waals surface area contributed by atoms with Gasteiger partial charge in [-0.25, -0.2) is 0 Å². The van der Waals surface area contributed by atoms with Crippen LogP contribution in [0.5, 0.6) is 0 Å². The fraction of sp³-hybridized carbons (Fsp3) is 0.286. The first-order valence-electron chi connectivity index (χ1n) is 5.71. The molecule has 1 aromatic carbocycles. The molecule has 1 heterocycles. The number of benzene rings is 1. The minimum atomic E-state index is 0.0915. The van der Waals surface area contributed by atoms with E-state index in [9.17, 15) is 0 Å². The number of halogens is 1. The third kappa shape index (κ3) is 3.56. The van der Waals surface area contributed by atoms with Crippen LogP contribution in [0, 0.1) is 6.92 Å². The Morgan fingerprint density at radius 1 is 1.18 bits per heavy atom. The molecule has 0 aliphatic heterocycles. The lowest BCUT2D eigenvalue weighted by atomic mass is 10.0. The molecule has 0 bridgehead atoms. The van der Waals surface area contributed by atoms with Crippen LogP contribution in [0.25, 0.3) is 0 Å². The van der Waals surface area contributed by atoms with Crippen molar-refractivity contribution in [2.75, 3.05) is 0 Å².